The number of hydrogen-bond acceptors (Lipinski definition) is 5. The minimum absolute atomic E-state index is 0.00646. The van der Waals surface area contributed by atoms with Gasteiger partial charge in [0.25, 0.3) is 0 Å². The lowest BCUT2D eigenvalue weighted by molar-refractivity contribution is -0.232. The minimum atomic E-state index is -0.441. The molecule has 5 aliphatic rings. The van der Waals surface area contributed by atoms with E-state index in [-0.39, 0.29) is 33.4 Å². The van der Waals surface area contributed by atoms with Crippen molar-refractivity contribution in [1.82, 2.24) is 0 Å². The molecule has 1 aromatic rings. The number of carbonyl (C=O) groups is 2. The molecule has 0 amide bonds. The van der Waals surface area contributed by atoms with Crippen molar-refractivity contribution in [3.05, 3.63) is 41.5 Å². The second kappa shape index (κ2) is 10.7. The van der Waals surface area contributed by atoms with E-state index in [9.17, 15) is 9.59 Å². The van der Waals surface area contributed by atoms with Crippen molar-refractivity contribution < 1.29 is 23.8 Å². The molecule has 5 saturated carbocycles. The van der Waals surface area contributed by atoms with Gasteiger partial charge in [0.2, 0.25) is 0 Å². The van der Waals surface area contributed by atoms with E-state index in [0.717, 1.165) is 80.4 Å². The van der Waals surface area contributed by atoms with Crippen LogP contribution in [-0.4, -0.2) is 33.1 Å². The summed E-state index contributed by atoms with van der Waals surface area (Å²) in [5.41, 5.74) is 2.51. The van der Waals surface area contributed by atoms with E-state index in [1.807, 2.05) is 18.2 Å². The summed E-state index contributed by atoms with van der Waals surface area (Å²) >= 11 is 0. The number of carbonyl (C=O) groups excluding carboxylic acids is 2. The first kappa shape index (κ1) is 32.4. The Balaban J connectivity index is 1.41. The van der Waals surface area contributed by atoms with Gasteiger partial charge < -0.3 is 14.2 Å². The van der Waals surface area contributed by atoms with Gasteiger partial charge in [0.05, 0.1) is 26.7 Å². The number of benzene rings is 1. The molecule has 9 atom stereocenters. The van der Waals surface area contributed by atoms with Crippen LogP contribution in [0.25, 0.3) is 6.08 Å². The van der Waals surface area contributed by atoms with Gasteiger partial charge in [-0.25, -0.2) is 0 Å². The second-order valence-corrected chi connectivity index (χ2v) is 16.9. The van der Waals surface area contributed by atoms with Crippen molar-refractivity contribution in [3.8, 4) is 11.5 Å². The summed E-state index contributed by atoms with van der Waals surface area (Å²) in [6.45, 7) is 18.7. The van der Waals surface area contributed by atoms with Crippen molar-refractivity contribution in [3.63, 3.8) is 0 Å². The molecule has 0 heterocycles. The molecular weight excluding hydrogens is 560 g/mol. The van der Waals surface area contributed by atoms with E-state index in [2.05, 4.69) is 54.2 Å². The smallest absolute Gasteiger partial charge is 0.312 e. The lowest BCUT2D eigenvalue weighted by Crippen LogP contribution is -2.67. The van der Waals surface area contributed by atoms with Crippen LogP contribution in [0.2, 0.25) is 0 Å². The predicted molar refractivity (Wildman–Crippen MR) is 179 cm³/mol. The molecule has 5 nitrogen and oxygen atoms in total. The van der Waals surface area contributed by atoms with E-state index in [1.165, 1.54) is 5.57 Å². The first-order valence-electron chi connectivity index (χ1n) is 17.4. The normalized spacial score (nSPS) is 42.6. The van der Waals surface area contributed by atoms with Crippen LogP contribution in [0.1, 0.15) is 105 Å². The van der Waals surface area contributed by atoms with Gasteiger partial charge in [-0.2, -0.15) is 0 Å². The van der Waals surface area contributed by atoms with E-state index in [0.29, 0.717) is 29.6 Å². The van der Waals surface area contributed by atoms with Gasteiger partial charge in [-0.05, 0) is 140 Å². The topological polar surface area (TPSA) is 61.8 Å². The highest BCUT2D eigenvalue weighted by atomic mass is 16.5. The summed E-state index contributed by atoms with van der Waals surface area (Å²) in [7, 11) is 4.91. The quantitative estimate of drug-likeness (QED) is 0.188. The summed E-state index contributed by atoms with van der Waals surface area (Å²) in [6.07, 6.45) is 11.3. The fraction of sp³-hybridized carbons (Fsp3) is 0.700. The molecule has 0 unspecified atom stereocenters. The van der Waals surface area contributed by atoms with Crippen LogP contribution in [0.15, 0.2) is 35.9 Å². The van der Waals surface area contributed by atoms with Crippen LogP contribution < -0.4 is 9.47 Å². The standard InChI is InChI=1S/C40H56O5/c1-24(2)29-13-16-40(35(42)45-10)18-17-38(6)30(33(29)40)11-12-32-37(5)23-26(19-25-20-27(43-8)22-28(21-25)44-9)34(41)36(3,4)31(37)14-15-39(32,38)7/h19-22,29-33H,1,11-18,23H2,2-10H3/b26-19-/t29-,30+,31-,32+,33+,37-,38+,39+,40-/m0/s1. The van der Waals surface area contributed by atoms with Gasteiger partial charge in [0.1, 0.15) is 11.5 Å². The molecule has 6 rings (SSSR count). The number of fused-ring (bicyclic) bond motifs is 7. The molecule has 246 valence electrons. The van der Waals surface area contributed by atoms with Gasteiger partial charge in [-0.1, -0.05) is 46.8 Å². The molecule has 0 radical (unpaired) electrons. The number of hydrogen-bond donors (Lipinski definition) is 0. The minimum Gasteiger partial charge on any atom is -0.497 e. The zero-order valence-electron chi connectivity index (χ0n) is 29.3. The van der Waals surface area contributed by atoms with Gasteiger partial charge in [0.15, 0.2) is 5.78 Å². The maximum Gasteiger partial charge on any atom is 0.312 e. The largest absolute Gasteiger partial charge is 0.497 e. The number of ketones is 1. The van der Waals surface area contributed by atoms with Crippen molar-refractivity contribution in [2.45, 2.75) is 99.3 Å². The lowest BCUT2D eigenvalue weighted by atomic mass is 9.32. The molecule has 0 aromatic heterocycles. The zero-order valence-corrected chi connectivity index (χ0v) is 29.3. The Morgan fingerprint density at radius 3 is 2.11 bits per heavy atom. The highest BCUT2D eigenvalue weighted by Gasteiger charge is 2.72. The summed E-state index contributed by atoms with van der Waals surface area (Å²) < 4.78 is 16.7. The highest BCUT2D eigenvalue weighted by Crippen LogP contribution is 2.77. The van der Waals surface area contributed by atoms with Crippen molar-refractivity contribution in [2.75, 3.05) is 21.3 Å². The Bertz CT molecular complexity index is 1420. The maximum absolute atomic E-state index is 14.3. The third kappa shape index (κ3) is 4.37. The van der Waals surface area contributed by atoms with E-state index in [4.69, 9.17) is 14.2 Å². The van der Waals surface area contributed by atoms with E-state index >= 15 is 0 Å². The molecule has 0 bridgehead atoms. The SMILES string of the molecule is C=C(C)[C@@H]1CC[C@]2(C(=O)OC)CC[C@]3(C)[C@H](CC[C@@H]4[C@@]5(C)C/C(=C/c6cc(OC)cc(OC)c6)C(=O)C(C)(C)[C@@H]5CC[C@]43C)[C@@H]12. The summed E-state index contributed by atoms with van der Waals surface area (Å²) in [5, 5.41) is 0. The highest BCUT2D eigenvalue weighted by molar-refractivity contribution is 6.04. The molecular formula is C40H56O5. The van der Waals surface area contributed by atoms with Crippen LogP contribution in [0.3, 0.4) is 0 Å². The van der Waals surface area contributed by atoms with Gasteiger partial charge >= 0.3 is 5.97 Å². The third-order valence-corrected chi connectivity index (χ3v) is 15.0. The monoisotopic (exact) mass is 616 g/mol. The number of esters is 1. The number of rotatable bonds is 5. The van der Waals surface area contributed by atoms with Crippen molar-refractivity contribution >= 4 is 17.8 Å². The first-order valence-corrected chi connectivity index (χ1v) is 17.4. The van der Waals surface area contributed by atoms with Crippen LogP contribution >= 0.6 is 0 Å². The zero-order chi connectivity index (χ0) is 32.7. The Labute approximate surface area is 271 Å². The van der Waals surface area contributed by atoms with Crippen LogP contribution in [0, 0.1) is 56.7 Å². The molecule has 0 spiro atoms. The van der Waals surface area contributed by atoms with Crippen LogP contribution in [0.4, 0.5) is 0 Å². The Morgan fingerprint density at radius 2 is 1.51 bits per heavy atom. The Morgan fingerprint density at radius 1 is 0.844 bits per heavy atom. The molecule has 1 aromatic carbocycles. The number of Topliss-reactive ketones (excluding diaryl/α,β-unsaturated/α-hetero) is 1. The number of methoxy groups -OCH3 is 3. The van der Waals surface area contributed by atoms with Crippen molar-refractivity contribution in [2.24, 2.45) is 56.7 Å². The van der Waals surface area contributed by atoms with E-state index < -0.39 is 5.41 Å². The molecule has 0 saturated heterocycles. The van der Waals surface area contributed by atoms with Crippen LogP contribution in [0.5, 0.6) is 11.5 Å². The molecule has 5 heteroatoms. The van der Waals surface area contributed by atoms with E-state index in [1.54, 1.807) is 21.3 Å². The first-order chi connectivity index (χ1) is 21.1. The Kier molecular flexibility index (Phi) is 7.73. The second-order valence-electron chi connectivity index (χ2n) is 16.9. The molecule has 0 N–H and O–H groups in total. The average Bonchev–Trinajstić information content (AvgIpc) is 3.40. The summed E-state index contributed by atoms with van der Waals surface area (Å²) in [6, 6.07) is 5.87. The fourth-order valence-corrected chi connectivity index (χ4v) is 12.8. The van der Waals surface area contributed by atoms with Gasteiger partial charge in [-0.15, -0.1) is 0 Å². The number of allylic oxidation sites excluding steroid dienone is 2. The average molecular weight is 617 g/mol. The fourth-order valence-electron chi connectivity index (χ4n) is 12.8. The predicted octanol–water partition coefficient (Wildman–Crippen LogP) is 9.10. The summed E-state index contributed by atoms with van der Waals surface area (Å²) in [5.74, 6) is 3.72. The Hall–Kier alpha value is -2.56. The molecule has 45 heavy (non-hydrogen) atoms. The third-order valence-electron chi connectivity index (χ3n) is 15.0. The summed E-state index contributed by atoms with van der Waals surface area (Å²) in [4.78, 5) is 27.8. The molecule has 0 aliphatic heterocycles. The van der Waals surface area contributed by atoms with Crippen LogP contribution in [-0.2, 0) is 14.3 Å². The van der Waals surface area contributed by atoms with Gasteiger partial charge in [-0.3, -0.25) is 9.59 Å². The molecule has 5 aliphatic carbocycles. The number of ether oxygens (including phenoxy) is 3. The lowest BCUT2D eigenvalue weighted by Gasteiger charge is -2.72. The maximum atomic E-state index is 14.3. The van der Waals surface area contributed by atoms with Gasteiger partial charge in [0, 0.05) is 11.5 Å². The molecule has 5 fully saturated rings. The van der Waals surface area contributed by atoms with Crippen molar-refractivity contribution in [1.29, 1.82) is 0 Å².